The van der Waals surface area contributed by atoms with E-state index < -0.39 is 0 Å². The first-order chi connectivity index (χ1) is 12.7. The van der Waals surface area contributed by atoms with E-state index >= 15 is 0 Å². The van der Waals surface area contributed by atoms with Crippen molar-refractivity contribution >= 4 is 5.91 Å². The Hall–Kier alpha value is -2.88. The van der Waals surface area contributed by atoms with Crippen LogP contribution in [0.15, 0.2) is 60.9 Å². The van der Waals surface area contributed by atoms with E-state index in [1.807, 2.05) is 48.4 Å². The molecule has 4 nitrogen and oxygen atoms in total. The van der Waals surface area contributed by atoms with Gasteiger partial charge in [0, 0.05) is 30.9 Å². The molecule has 1 aliphatic carbocycles. The first-order valence-corrected chi connectivity index (χ1v) is 9.11. The van der Waals surface area contributed by atoms with E-state index in [9.17, 15) is 4.79 Å². The Kier molecular flexibility index (Phi) is 4.57. The predicted molar refractivity (Wildman–Crippen MR) is 102 cm³/mol. The highest BCUT2D eigenvalue weighted by atomic mass is 16.2. The van der Waals surface area contributed by atoms with Gasteiger partial charge in [0.1, 0.15) is 0 Å². The Morgan fingerprint density at radius 2 is 1.88 bits per heavy atom. The molecule has 0 bridgehead atoms. The number of benzene rings is 2. The maximum Gasteiger partial charge on any atom is 0.253 e. The fraction of sp³-hybridized carbons (Fsp3) is 0.273. The number of hydrogen-bond acceptors (Lipinski definition) is 2. The van der Waals surface area contributed by atoms with E-state index in [2.05, 4.69) is 29.4 Å². The van der Waals surface area contributed by atoms with Crippen molar-refractivity contribution in [2.45, 2.75) is 32.4 Å². The SMILES string of the molecule is CN(Cc1cnn(Cc2ccccc2)c1)C(=O)c1ccc2c(c1)CCC2. The number of carbonyl (C=O) groups excluding carboxylic acids is 1. The largest absolute Gasteiger partial charge is 0.337 e. The smallest absolute Gasteiger partial charge is 0.253 e. The van der Waals surface area contributed by atoms with Gasteiger partial charge in [0.05, 0.1) is 12.7 Å². The molecule has 132 valence electrons. The van der Waals surface area contributed by atoms with Crippen molar-refractivity contribution in [2.24, 2.45) is 0 Å². The first-order valence-electron chi connectivity index (χ1n) is 9.11. The highest BCUT2D eigenvalue weighted by Gasteiger charge is 2.17. The van der Waals surface area contributed by atoms with Crippen LogP contribution in [0.3, 0.4) is 0 Å². The van der Waals surface area contributed by atoms with Gasteiger partial charge in [-0.3, -0.25) is 9.48 Å². The summed E-state index contributed by atoms with van der Waals surface area (Å²) in [5.74, 6) is 0.0653. The van der Waals surface area contributed by atoms with E-state index in [0.29, 0.717) is 6.54 Å². The van der Waals surface area contributed by atoms with Gasteiger partial charge in [-0.05, 0) is 48.1 Å². The maximum absolute atomic E-state index is 12.7. The fourth-order valence-electron chi connectivity index (χ4n) is 3.62. The molecule has 0 aliphatic heterocycles. The van der Waals surface area contributed by atoms with Crippen molar-refractivity contribution in [1.29, 1.82) is 0 Å². The average molecular weight is 345 g/mol. The van der Waals surface area contributed by atoms with Crippen molar-refractivity contribution < 1.29 is 4.79 Å². The lowest BCUT2D eigenvalue weighted by Gasteiger charge is -2.17. The van der Waals surface area contributed by atoms with Gasteiger partial charge < -0.3 is 4.90 Å². The third-order valence-corrected chi connectivity index (χ3v) is 4.99. The van der Waals surface area contributed by atoms with E-state index in [4.69, 9.17) is 0 Å². The lowest BCUT2D eigenvalue weighted by Crippen LogP contribution is -2.26. The third-order valence-electron chi connectivity index (χ3n) is 4.99. The predicted octanol–water partition coefficient (Wildman–Crippen LogP) is 3.69. The minimum absolute atomic E-state index is 0.0653. The molecule has 1 aromatic heterocycles. The molecular formula is C22H23N3O. The quantitative estimate of drug-likeness (QED) is 0.707. The van der Waals surface area contributed by atoms with Gasteiger partial charge in [0.2, 0.25) is 0 Å². The summed E-state index contributed by atoms with van der Waals surface area (Å²) >= 11 is 0. The summed E-state index contributed by atoms with van der Waals surface area (Å²) in [4.78, 5) is 14.5. The van der Waals surface area contributed by atoms with Crippen LogP contribution in [0.1, 0.15) is 39.0 Å². The molecule has 0 radical (unpaired) electrons. The summed E-state index contributed by atoms with van der Waals surface area (Å²) in [5.41, 5.74) is 5.76. The minimum Gasteiger partial charge on any atom is -0.337 e. The Morgan fingerprint density at radius 3 is 2.73 bits per heavy atom. The van der Waals surface area contributed by atoms with E-state index in [1.165, 1.54) is 23.1 Å². The molecular weight excluding hydrogens is 322 g/mol. The average Bonchev–Trinajstić information content (AvgIpc) is 3.30. The molecule has 26 heavy (non-hydrogen) atoms. The number of fused-ring (bicyclic) bond motifs is 1. The molecule has 3 aromatic rings. The molecule has 1 heterocycles. The Bertz CT molecular complexity index is 914. The molecule has 0 N–H and O–H groups in total. The van der Waals surface area contributed by atoms with Crippen LogP contribution in [0.25, 0.3) is 0 Å². The van der Waals surface area contributed by atoms with E-state index in [1.54, 1.807) is 4.90 Å². The molecule has 1 amide bonds. The van der Waals surface area contributed by atoms with Crippen molar-refractivity contribution in [3.8, 4) is 0 Å². The van der Waals surface area contributed by atoms with Crippen LogP contribution in [-0.4, -0.2) is 27.6 Å². The van der Waals surface area contributed by atoms with Crippen LogP contribution in [0, 0.1) is 0 Å². The van der Waals surface area contributed by atoms with Gasteiger partial charge in [-0.1, -0.05) is 36.4 Å². The minimum atomic E-state index is 0.0653. The summed E-state index contributed by atoms with van der Waals surface area (Å²) in [7, 11) is 1.85. The van der Waals surface area contributed by atoms with Crippen LogP contribution >= 0.6 is 0 Å². The highest BCUT2D eigenvalue weighted by Crippen LogP contribution is 2.23. The van der Waals surface area contributed by atoms with Crippen LogP contribution in [0.2, 0.25) is 0 Å². The van der Waals surface area contributed by atoms with Gasteiger partial charge in [-0.15, -0.1) is 0 Å². The second kappa shape index (κ2) is 7.16. The number of hydrogen-bond donors (Lipinski definition) is 0. The second-order valence-electron chi connectivity index (χ2n) is 7.03. The number of carbonyl (C=O) groups is 1. The Labute approximate surface area is 154 Å². The molecule has 0 spiro atoms. The molecule has 2 aromatic carbocycles. The Balaban J connectivity index is 1.41. The zero-order chi connectivity index (χ0) is 17.9. The van der Waals surface area contributed by atoms with Gasteiger partial charge in [-0.25, -0.2) is 0 Å². The van der Waals surface area contributed by atoms with Gasteiger partial charge in [0.15, 0.2) is 0 Å². The van der Waals surface area contributed by atoms with Gasteiger partial charge >= 0.3 is 0 Å². The normalized spacial score (nSPS) is 12.8. The van der Waals surface area contributed by atoms with Crippen LogP contribution in [0.5, 0.6) is 0 Å². The summed E-state index contributed by atoms with van der Waals surface area (Å²) in [6, 6.07) is 16.4. The van der Waals surface area contributed by atoms with Gasteiger partial charge in [-0.2, -0.15) is 5.10 Å². The van der Waals surface area contributed by atoms with Crippen molar-refractivity contribution in [3.63, 3.8) is 0 Å². The molecule has 0 fully saturated rings. The van der Waals surface area contributed by atoms with Crippen molar-refractivity contribution in [2.75, 3.05) is 7.05 Å². The monoisotopic (exact) mass is 345 g/mol. The Morgan fingerprint density at radius 1 is 1.08 bits per heavy atom. The first kappa shape index (κ1) is 16.6. The summed E-state index contributed by atoms with van der Waals surface area (Å²) < 4.78 is 1.92. The molecule has 4 heteroatoms. The highest BCUT2D eigenvalue weighted by molar-refractivity contribution is 5.94. The van der Waals surface area contributed by atoms with Crippen LogP contribution in [-0.2, 0) is 25.9 Å². The lowest BCUT2D eigenvalue weighted by molar-refractivity contribution is 0.0785. The van der Waals surface area contributed by atoms with Gasteiger partial charge in [0.25, 0.3) is 5.91 Å². The number of rotatable bonds is 5. The fourth-order valence-corrected chi connectivity index (χ4v) is 3.62. The standard InChI is InChI=1S/C22H23N3O/c1-24(22(26)21-11-10-19-8-5-9-20(19)12-21)14-18-13-23-25(16-18)15-17-6-3-2-4-7-17/h2-4,6-7,10-13,16H,5,8-9,14-15H2,1H3. The van der Waals surface area contributed by atoms with E-state index in [0.717, 1.165) is 30.5 Å². The topological polar surface area (TPSA) is 38.1 Å². The lowest BCUT2D eigenvalue weighted by atomic mass is 10.1. The zero-order valence-corrected chi connectivity index (χ0v) is 15.1. The van der Waals surface area contributed by atoms with Crippen LogP contribution < -0.4 is 0 Å². The summed E-state index contributed by atoms with van der Waals surface area (Å²) in [6.45, 7) is 1.30. The molecule has 4 rings (SSSR count). The van der Waals surface area contributed by atoms with Crippen molar-refractivity contribution in [3.05, 3.63) is 88.7 Å². The number of aryl methyl sites for hydroxylation is 2. The third kappa shape index (κ3) is 3.54. The molecule has 0 unspecified atom stereocenters. The molecule has 0 saturated heterocycles. The molecule has 0 atom stereocenters. The van der Waals surface area contributed by atoms with E-state index in [-0.39, 0.29) is 5.91 Å². The summed E-state index contributed by atoms with van der Waals surface area (Å²) in [5, 5.41) is 4.42. The molecule has 0 saturated carbocycles. The number of aromatic nitrogens is 2. The number of nitrogens with zero attached hydrogens (tertiary/aromatic N) is 3. The summed E-state index contributed by atoms with van der Waals surface area (Å²) in [6.07, 6.45) is 7.28. The zero-order valence-electron chi connectivity index (χ0n) is 15.1. The van der Waals surface area contributed by atoms with Crippen molar-refractivity contribution in [1.82, 2.24) is 14.7 Å². The number of amides is 1. The molecule has 1 aliphatic rings. The maximum atomic E-state index is 12.7. The second-order valence-corrected chi connectivity index (χ2v) is 7.03. The van der Waals surface area contributed by atoms with Crippen LogP contribution in [0.4, 0.5) is 0 Å².